The van der Waals surface area contributed by atoms with Crippen LogP contribution in [0.4, 0.5) is 8.78 Å². The van der Waals surface area contributed by atoms with Crippen LogP contribution in [0.5, 0.6) is 11.8 Å². The number of terminal acetylenes is 1. The molecular weight excluding hydrogens is 558 g/mol. The lowest BCUT2D eigenvalue weighted by molar-refractivity contribution is 0.107. The molecule has 2 aliphatic heterocycles. The molecule has 4 aromatic rings. The number of hydrogen-bond acceptors (Lipinski definition) is 7. The second kappa shape index (κ2) is 10.5. The minimum absolute atomic E-state index is 0.0239. The number of pyridine rings is 1. The van der Waals surface area contributed by atoms with Gasteiger partial charge in [0.15, 0.2) is 5.82 Å². The normalized spacial score (nSPS) is 19.4. The first-order valence-electron chi connectivity index (χ1n) is 14.5. The number of nitrogens with zero attached hydrogens (tertiary/aromatic N) is 4. The summed E-state index contributed by atoms with van der Waals surface area (Å²) in [5.41, 5.74) is -0.266. The van der Waals surface area contributed by atoms with Gasteiger partial charge in [0, 0.05) is 22.4 Å². The monoisotopic (exact) mass is 588 g/mol. The predicted molar refractivity (Wildman–Crippen MR) is 157 cm³/mol. The lowest BCUT2D eigenvalue weighted by Gasteiger charge is -2.31. The zero-order valence-electron chi connectivity index (χ0n) is 23.0. The molecule has 1 unspecified atom stereocenters. The molecule has 1 saturated carbocycles. The van der Waals surface area contributed by atoms with Crippen molar-refractivity contribution in [2.24, 2.45) is 0 Å². The van der Waals surface area contributed by atoms with Gasteiger partial charge in [-0.15, -0.1) is 6.42 Å². The van der Waals surface area contributed by atoms with Crippen LogP contribution < -0.4 is 4.74 Å². The van der Waals surface area contributed by atoms with Crippen molar-refractivity contribution in [1.82, 2.24) is 19.9 Å². The number of ether oxygens (including phenoxy) is 1. The van der Waals surface area contributed by atoms with Crippen molar-refractivity contribution in [2.75, 3.05) is 19.7 Å². The van der Waals surface area contributed by atoms with Crippen molar-refractivity contribution in [1.29, 1.82) is 0 Å². The average Bonchev–Trinajstić information content (AvgIpc) is 3.74. The number of rotatable bonds is 6. The van der Waals surface area contributed by atoms with Crippen LogP contribution in [0.15, 0.2) is 35.5 Å². The molecule has 7 nitrogen and oxygen atoms in total. The fourth-order valence-corrected chi connectivity index (χ4v) is 8.70. The van der Waals surface area contributed by atoms with E-state index >= 15 is 4.39 Å². The van der Waals surface area contributed by atoms with Crippen LogP contribution in [-0.2, 0) is 10.8 Å². The summed E-state index contributed by atoms with van der Waals surface area (Å²) in [6.07, 6.45) is 14.8. The molecule has 3 fully saturated rings. The Morgan fingerprint density at radius 1 is 1.12 bits per heavy atom. The molecule has 0 bridgehead atoms. The molecule has 2 aromatic heterocycles. The first kappa shape index (κ1) is 27.2. The van der Waals surface area contributed by atoms with Gasteiger partial charge in [-0.25, -0.2) is 8.78 Å². The van der Waals surface area contributed by atoms with Crippen LogP contribution in [0, 0.1) is 24.0 Å². The molecule has 42 heavy (non-hydrogen) atoms. The van der Waals surface area contributed by atoms with Crippen molar-refractivity contribution in [3.63, 3.8) is 0 Å². The number of phenolic OH excluding ortho intramolecular Hbond substituents is 1. The summed E-state index contributed by atoms with van der Waals surface area (Å²) in [6, 6.07) is 5.40. The summed E-state index contributed by atoms with van der Waals surface area (Å²) in [5, 5.41) is 11.5. The van der Waals surface area contributed by atoms with Gasteiger partial charge in [0.2, 0.25) is 0 Å². The van der Waals surface area contributed by atoms with Gasteiger partial charge in [0.25, 0.3) is 0 Å². The number of phenols is 1. The molecule has 2 saturated heterocycles. The lowest BCUT2D eigenvalue weighted by atomic mass is 9.95. The Labute approximate surface area is 244 Å². The summed E-state index contributed by atoms with van der Waals surface area (Å²) in [4.78, 5) is 15.9. The van der Waals surface area contributed by atoms with Crippen molar-refractivity contribution in [2.45, 2.75) is 67.2 Å². The minimum atomic E-state index is -1.51. The smallest absolute Gasteiger partial charge is 0.318 e. The first-order chi connectivity index (χ1) is 20.4. The van der Waals surface area contributed by atoms with Gasteiger partial charge < -0.3 is 9.84 Å². The summed E-state index contributed by atoms with van der Waals surface area (Å²) in [7, 11) is -1.51. The zero-order valence-corrected chi connectivity index (χ0v) is 23.9. The Bertz CT molecular complexity index is 1790. The molecule has 0 amide bonds. The molecule has 1 atom stereocenters. The maximum absolute atomic E-state index is 16.6. The number of benzene rings is 2. The Morgan fingerprint density at radius 2 is 1.88 bits per heavy atom. The Balaban J connectivity index is 1.39. The van der Waals surface area contributed by atoms with Crippen molar-refractivity contribution >= 4 is 32.5 Å². The summed E-state index contributed by atoms with van der Waals surface area (Å²) in [6.45, 7) is 2.43. The van der Waals surface area contributed by atoms with E-state index in [0.717, 1.165) is 64.5 Å². The van der Waals surface area contributed by atoms with Gasteiger partial charge in [-0.3, -0.25) is 14.1 Å². The lowest BCUT2D eigenvalue weighted by Crippen LogP contribution is -2.43. The third kappa shape index (κ3) is 4.41. The molecule has 0 spiro atoms. The second-order valence-corrected chi connectivity index (χ2v) is 13.2. The van der Waals surface area contributed by atoms with Gasteiger partial charge in [0.1, 0.15) is 34.4 Å². The van der Waals surface area contributed by atoms with E-state index in [4.69, 9.17) is 11.2 Å². The van der Waals surface area contributed by atoms with Crippen LogP contribution in [0.25, 0.3) is 32.9 Å². The Hall–Kier alpha value is -3.68. The molecule has 2 aromatic carbocycles. The molecule has 1 N–H and O–H groups in total. The topological polar surface area (TPSA) is 88.4 Å². The Kier molecular flexibility index (Phi) is 6.82. The largest absolute Gasteiger partial charge is 0.508 e. The van der Waals surface area contributed by atoms with Crippen LogP contribution in [0.1, 0.15) is 56.9 Å². The van der Waals surface area contributed by atoms with E-state index in [1.54, 1.807) is 0 Å². The number of fused-ring (bicyclic) bond motifs is 3. The predicted octanol–water partition coefficient (Wildman–Crippen LogP) is 5.87. The van der Waals surface area contributed by atoms with E-state index in [-0.39, 0.29) is 60.7 Å². The number of aromatic nitrogens is 3. The standard InChI is InChI=1S/C32H30F2N4O3S/c1-2-22-25(33)10-9-19-15-20(39)16-23(26(19)22)28-27(34)29-24(17-35-28)30(42(40)21-7-3-4-8-21)37-31(36-29)41-18-32-11-5-13-38(32)14-6-12-32/h1,9-10,15-17,21,39H,3-8,11-14,18H2. The highest BCUT2D eigenvalue weighted by atomic mass is 32.2. The number of halogens is 2. The van der Waals surface area contributed by atoms with E-state index in [0.29, 0.717) is 12.0 Å². The van der Waals surface area contributed by atoms with Crippen LogP contribution in [0.2, 0.25) is 0 Å². The van der Waals surface area contributed by atoms with E-state index < -0.39 is 22.4 Å². The van der Waals surface area contributed by atoms with Gasteiger partial charge in [0.05, 0.1) is 27.3 Å². The molecule has 4 heterocycles. The highest BCUT2D eigenvalue weighted by Crippen LogP contribution is 2.41. The van der Waals surface area contributed by atoms with Gasteiger partial charge in [-0.2, -0.15) is 9.97 Å². The number of aromatic hydroxyl groups is 1. The van der Waals surface area contributed by atoms with E-state index in [2.05, 4.69) is 25.8 Å². The fraction of sp³-hybridized carbons (Fsp3) is 0.406. The van der Waals surface area contributed by atoms with Crippen molar-refractivity contribution in [3.05, 3.63) is 47.7 Å². The van der Waals surface area contributed by atoms with E-state index in [9.17, 15) is 13.7 Å². The SMILES string of the molecule is C#Cc1c(F)ccc2cc(O)cc(-c3ncc4c(S(=O)C5CCCC5)nc(OCC56CCCN5CCC6)nc4c3F)c12. The maximum Gasteiger partial charge on any atom is 0.318 e. The highest BCUT2D eigenvalue weighted by Gasteiger charge is 2.45. The summed E-state index contributed by atoms with van der Waals surface area (Å²) in [5.74, 6) is 0.745. The number of hydrogen-bond donors (Lipinski definition) is 1. The molecule has 3 aliphatic rings. The maximum atomic E-state index is 16.6. The highest BCUT2D eigenvalue weighted by molar-refractivity contribution is 7.85. The molecule has 216 valence electrons. The quantitative estimate of drug-likeness (QED) is 0.223. The average molecular weight is 589 g/mol. The van der Waals surface area contributed by atoms with Crippen LogP contribution in [0.3, 0.4) is 0 Å². The minimum Gasteiger partial charge on any atom is -0.508 e. The van der Waals surface area contributed by atoms with Crippen molar-refractivity contribution < 1.29 is 22.8 Å². The summed E-state index contributed by atoms with van der Waals surface area (Å²) < 4.78 is 51.3. The molecular formula is C32H30F2N4O3S. The molecule has 7 rings (SSSR count). The van der Waals surface area contributed by atoms with Crippen LogP contribution >= 0.6 is 0 Å². The third-order valence-corrected chi connectivity index (χ3v) is 10.9. The third-order valence-electron chi connectivity index (χ3n) is 9.16. The van der Waals surface area contributed by atoms with Gasteiger partial charge in [-0.05, 0) is 75.2 Å². The Morgan fingerprint density at radius 3 is 2.62 bits per heavy atom. The zero-order chi connectivity index (χ0) is 29.0. The van der Waals surface area contributed by atoms with E-state index in [1.165, 1.54) is 30.5 Å². The first-order valence-corrected chi connectivity index (χ1v) is 15.7. The van der Waals surface area contributed by atoms with Gasteiger partial charge in [-0.1, -0.05) is 24.8 Å². The van der Waals surface area contributed by atoms with E-state index in [1.807, 2.05) is 0 Å². The van der Waals surface area contributed by atoms with Gasteiger partial charge >= 0.3 is 6.01 Å². The van der Waals surface area contributed by atoms with Crippen LogP contribution in [-0.4, -0.2) is 59.7 Å². The molecule has 0 radical (unpaired) electrons. The summed E-state index contributed by atoms with van der Waals surface area (Å²) >= 11 is 0. The molecule has 10 heteroatoms. The fourth-order valence-electron chi connectivity index (χ4n) is 7.09. The second-order valence-electron chi connectivity index (χ2n) is 11.6. The van der Waals surface area contributed by atoms with Crippen molar-refractivity contribution in [3.8, 4) is 35.4 Å². The molecule has 1 aliphatic carbocycles.